The second-order valence-electron chi connectivity index (χ2n) is 3.70. The highest BCUT2D eigenvalue weighted by Crippen LogP contribution is 2.20. The van der Waals surface area contributed by atoms with E-state index in [2.05, 4.69) is 5.32 Å². The quantitative estimate of drug-likeness (QED) is 0.788. The van der Waals surface area contributed by atoms with E-state index in [0.717, 1.165) is 16.9 Å². The maximum absolute atomic E-state index is 10.4. The minimum atomic E-state index is -0.858. The van der Waals surface area contributed by atoms with E-state index in [1.165, 1.54) is 0 Å². The molecule has 0 aliphatic carbocycles. The fourth-order valence-corrected chi connectivity index (χ4v) is 1.30. The molecule has 0 saturated carbocycles. The molecule has 0 aliphatic rings. The fraction of sp³-hybridized carbons (Fsp3) is 0.364. The van der Waals surface area contributed by atoms with E-state index in [-0.39, 0.29) is 6.54 Å². The lowest BCUT2D eigenvalue weighted by molar-refractivity contribution is -0.134. The maximum Gasteiger partial charge on any atom is 0.322 e. The monoisotopic (exact) mass is 208 g/mol. The predicted molar refractivity (Wildman–Crippen MR) is 61.6 cm³/mol. The Labute approximate surface area is 89.5 Å². The first-order chi connectivity index (χ1) is 6.99. The van der Waals surface area contributed by atoms with Crippen LogP contribution in [0.3, 0.4) is 0 Å². The number of nitrogens with zero attached hydrogens (tertiary/aromatic N) is 1. The van der Waals surface area contributed by atoms with Gasteiger partial charge in [-0.15, -0.1) is 0 Å². The molecule has 0 unspecified atom stereocenters. The molecule has 1 aromatic rings. The summed E-state index contributed by atoms with van der Waals surface area (Å²) in [5.41, 5.74) is 3.00. The Balaban J connectivity index is 2.84. The Morgan fingerprint density at radius 2 is 2.07 bits per heavy atom. The van der Waals surface area contributed by atoms with Gasteiger partial charge in [-0.25, -0.2) is 0 Å². The third kappa shape index (κ3) is 3.50. The first-order valence-electron chi connectivity index (χ1n) is 4.73. The molecule has 0 radical (unpaired) electrons. The van der Waals surface area contributed by atoms with Gasteiger partial charge in [0.05, 0.1) is 0 Å². The van der Waals surface area contributed by atoms with Gasteiger partial charge in [0.25, 0.3) is 0 Å². The van der Waals surface area contributed by atoms with E-state index in [9.17, 15) is 4.79 Å². The van der Waals surface area contributed by atoms with Crippen molar-refractivity contribution in [1.82, 2.24) is 0 Å². The van der Waals surface area contributed by atoms with Gasteiger partial charge in [-0.3, -0.25) is 4.79 Å². The molecule has 0 aliphatic heterocycles. The van der Waals surface area contributed by atoms with E-state index in [4.69, 9.17) is 5.11 Å². The Hall–Kier alpha value is -1.71. The molecule has 0 spiro atoms. The van der Waals surface area contributed by atoms with Crippen molar-refractivity contribution in [3.05, 3.63) is 23.8 Å². The summed E-state index contributed by atoms with van der Waals surface area (Å²) in [6.07, 6.45) is 0. The average Bonchev–Trinajstić information content (AvgIpc) is 2.13. The Morgan fingerprint density at radius 3 is 2.60 bits per heavy atom. The molecule has 0 aromatic heterocycles. The van der Waals surface area contributed by atoms with Crippen molar-refractivity contribution in [2.75, 3.05) is 30.9 Å². The molecule has 1 rings (SSSR count). The SMILES string of the molecule is Cc1cc(NCC(=O)O)cc(N(C)C)c1. The molecule has 4 heteroatoms. The van der Waals surface area contributed by atoms with Crippen LogP contribution >= 0.6 is 0 Å². The molecule has 1 aromatic carbocycles. The van der Waals surface area contributed by atoms with E-state index in [0.29, 0.717) is 0 Å². The standard InChI is InChI=1S/C11H16N2O2/c1-8-4-9(12-7-11(14)15)6-10(5-8)13(2)3/h4-6,12H,7H2,1-3H3,(H,14,15). The summed E-state index contributed by atoms with van der Waals surface area (Å²) >= 11 is 0. The number of hydrogen-bond donors (Lipinski definition) is 2. The lowest BCUT2D eigenvalue weighted by Gasteiger charge is -2.15. The first-order valence-corrected chi connectivity index (χ1v) is 4.73. The molecule has 82 valence electrons. The van der Waals surface area contributed by atoms with Gasteiger partial charge in [-0.05, 0) is 30.7 Å². The number of aryl methyl sites for hydroxylation is 1. The summed E-state index contributed by atoms with van der Waals surface area (Å²) < 4.78 is 0. The summed E-state index contributed by atoms with van der Waals surface area (Å²) in [6.45, 7) is 1.93. The summed E-state index contributed by atoms with van der Waals surface area (Å²) in [4.78, 5) is 12.4. The molecular weight excluding hydrogens is 192 g/mol. The van der Waals surface area contributed by atoms with E-state index < -0.39 is 5.97 Å². The number of carboxylic acids is 1. The van der Waals surface area contributed by atoms with Gasteiger partial charge in [0.15, 0.2) is 0 Å². The zero-order valence-electron chi connectivity index (χ0n) is 9.24. The van der Waals surface area contributed by atoms with E-state index >= 15 is 0 Å². The first kappa shape index (κ1) is 11.4. The van der Waals surface area contributed by atoms with Crippen LogP contribution in [0.5, 0.6) is 0 Å². The van der Waals surface area contributed by atoms with Crippen LogP contribution in [0.4, 0.5) is 11.4 Å². The molecule has 0 fully saturated rings. The van der Waals surface area contributed by atoms with E-state index in [1.54, 1.807) is 0 Å². The predicted octanol–water partition coefficient (Wildman–Crippen LogP) is 1.56. The second kappa shape index (κ2) is 4.68. The van der Waals surface area contributed by atoms with Gasteiger partial charge in [0, 0.05) is 25.5 Å². The number of carboxylic acid groups (broad SMARTS) is 1. The minimum absolute atomic E-state index is 0.0592. The number of hydrogen-bond acceptors (Lipinski definition) is 3. The smallest absolute Gasteiger partial charge is 0.322 e. The van der Waals surface area contributed by atoms with Crippen LogP contribution in [0.15, 0.2) is 18.2 Å². The summed E-state index contributed by atoms with van der Waals surface area (Å²) in [5, 5.41) is 11.4. The lowest BCUT2D eigenvalue weighted by atomic mass is 10.2. The van der Waals surface area contributed by atoms with Crippen LogP contribution in [0.2, 0.25) is 0 Å². The van der Waals surface area contributed by atoms with Crippen molar-refractivity contribution >= 4 is 17.3 Å². The molecule has 2 N–H and O–H groups in total. The molecule has 4 nitrogen and oxygen atoms in total. The highest BCUT2D eigenvalue weighted by molar-refractivity contribution is 5.73. The van der Waals surface area contributed by atoms with Crippen molar-refractivity contribution in [2.24, 2.45) is 0 Å². The minimum Gasteiger partial charge on any atom is -0.480 e. The third-order valence-electron chi connectivity index (χ3n) is 2.02. The van der Waals surface area contributed by atoms with Crippen molar-refractivity contribution in [3.8, 4) is 0 Å². The molecule has 0 amide bonds. The van der Waals surface area contributed by atoms with Gasteiger partial charge >= 0.3 is 5.97 Å². The second-order valence-corrected chi connectivity index (χ2v) is 3.70. The Bertz CT molecular complexity index is 362. The normalized spacial score (nSPS) is 9.80. The molecule has 0 bridgehead atoms. The number of rotatable bonds is 4. The summed E-state index contributed by atoms with van der Waals surface area (Å²) in [7, 11) is 3.91. The van der Waals surface area contributed by atoms with Gasteiger partial charge in [-0.1, -0.05) is 0 Å². The molecular formula is C11H16N2O2. The maximum atomic E-state index is 10.4. The molecule has 0 heterocycles. The molecule has 0 saturated heterocycles. The topological polar surface area (TPSA) is 52.6 Å². The van der Waals surface area contributed by atoms with Crippen LogP contribution in [0.1, 0.15) is 5.56 Å². The van der Waals surface area contributed by atoms with Crippen LogP contribution in [0.25, 0.3) is 0 Å². The summed E-state index contributed by atoms with van der Waals surface area (Å²) in [6, 6.07) is 5.90. The zero-order valence-corrected chi connectivity index (χ0v) is 9.24. The van der Waals surface area contributed by atoms with Crippen molar-refractivity contribution < 1.29 is 9.90 Å². The van der Waals surface area contributed by atoms with Gasteiger partial charge in [0.2, 0.25) is 0 Å². The Morgan fingerprint density at radius 1 is 1.40 bits per heavy atom. The van der Waals surface area contributed by atoms with Crippen molar-refractivity contribution in [1.29, 1.82) is 0 Å². The largest absolute Gasteiger partial charge is 0.480 e. The molecule has 15 heavy (non-hydrogen) atoms. The zero-order chi connectivity index (χ0) is 11.4. The average molecular weight is 208 g/mol. The van der Waals surface area contributed by atoms with Crippen LogP contribution in [0, 0.1) is 6.92 Å². The van der Waals surface area contributed by atoms with Crippen LogP contribution in [-0.2, 0) is 4.79 Å². The van der Waals surface area contributed by atoms with Crippen molar-refractivity contribution in [2.45, 2.75) is 6.92 Å². The highest BCUT2D eigenvalue weighted by Gasteiger charge is 2.01. The number of benzene rings is 1. The van der Waals surface area contributed by atoms with E-state index in [1.807, 2.05) is 44.1 Å². The molecule has 0 atom stereocenters. The van der Waals surface area contributed by atoms with Gasteiger partial charge in [0.1, 0.15) is 6.54 Å². The van der Waals surface area contributed by atoms with Crippen LogP contribution in [-0.4, -0.2) is 31.7 Å². The van der Waals surface area contributed by atoms with Gasteiger partial charge < -0.3 is 15.3 Å². The number of anilines is 2. The van der Waals surface area contributed by atoms with Crippen molar-refractivity contribution in [3.63, 3.8) is 0 Å². The summed E-state index contributed by atoms with van der Waals surface area (Å²) in [5.74, 6) is -0.858. The Kier molecular flexibility index (Phi) is 3.55. The number of nitrogens with one attached hydrogen (secondary N) is 1. The van der Waals surface area contributed by atoms with Crippen LogP contribution < -0.4 is 10.2 Å². The number of aliphatic carboxylic acids is 1. The number of carbonyl (C=O) groups is 1. The highest BCUT2D eigenvalue weighted by atomic mass is 16.4. The lowest BCUT2D eigenvalue weighted by Crippen LogP contribution is -2.13. The fourth-order valence-electron chi connectivity index (χ4n) is 1.30. The third-order valence-corrected chi connectivity index (χ3v) is 2.02. The van der Waals surface area contributed by atoms with Gasteiger partial charge in [-0.2, -0.15) is 0 Å².